The van der Waals surface area contributed by atoms with E-state index < -0.39 is 5.60 Å². The smallest absolute Gasteiger partial charge is 0.0873 e. The molecular formula is C14H29NO2. The molecule has 3 N–H and O–H groups in total. The zero-order valence-corrected chi connectivity index (χ0v) is 12.4. The van der Waals surface area contributed by atoms with E-state index in [0.29, 0.717) is 0 Å². The minimum absolute atomic E-state index is 0.0509. The lowest BCUT2D eigenvalue weighted by atomic mass is 9.63. The van der Waals surface area contributed by atoms with Crippen LogP contribution in [0.3, 0.4) is 0 Å². The highest BCUT2D eigenvalue weighted by Crippen LogP contribution is 2.51. The summed E-state index contributed by atoms with van der Waals surface area (Å²) in [5.41, 5.74) is 4.19. The maximum atomic E-state index is 11.0. The fraction of sp³-hybridized carbons (Fsp3) is 1.00. The van der Waals surface area contributed by atoms with Gasteiger partial charge in [0.05, 0.1) is 16.8 Å². The van der Waals surface area contributed by atoms with Crippen LogP contribution in [0.4, 0.5) is 0 Å². The van der Waals surface area contributed by atoms with E-state index in [-0.39, 0.29) is 29.1 Å². The van der Waals surface area contributed by atoms with Gasteiger partial charge < -0.3 is 15.6 Å². The molecule has 0 aromatic heterocycles. The van der Waals surface area contributed by atoms with E-state index >= 15 is 0 Å². The normalized spacial score (nSPS) is 31.2. The van der Waals surface area contributed by atoms with Crippen molar-refractivity contribution in [3.05, 3.63) is 0 Å². The van der Waals surface area contributed by atoms with Crippen LogP contribution in [0.25, 0.3) is 0 Å². The molecule has 1 heterocycles. The first-order chi connectivity index (χ1) is 7.36. The van der Waals surface area contributed by atoms with Crippen LogP contribution in [-0.4, -0.2) is 28.5 Å². The number of aliphatic hydroxyl groups is 1. The van der Waals surface area contributed by atoms with Gasteiger partial charge in [0.25, 0.3) is 0 Å². The average molecular weight is 243 g/mol. The van der Waals surface area contributed by atoms with Gasteiger partial charge in [-0.05, 0) is 39.5 Å². The lowest BCUT2D eigenvalue weighted by Crippen LogP contribution is -2.59. The molecular weight excluding hydrogens is 214 g/mol. The summed E-state index contributed by atoms with van der Waals surface area (Å²) >= 11 is 0. The molecule has 2 unspecified atom stereocenters. The highest BCUT2D eigenvalue weighted by atomic mass is 16.5. The molecule has 3 nitrogen and oxygen atoms in total. The van der Waals surface area contributed by atoms with Gasteiger partial charge in [0.15, 0.2) is 0 Å². The number of hydrogen-bond acceptors (Lipinski definition) is 3. The molecule has 1 fully saturated rings. The minimum Gasteiger partial charge on any atom is -0.388 e. The number of nitrogens with two attached hydrogens (primary N) is 1. The lowest BCUT2D eigenvalue weighted by Gasteiger charge is -2.47. The Bertz CT molecular complexity index is 291. The van der Waals surface area contributed by atoms with Crippen molar-refractivity contribution in [2.45, 2.75) is 71.7 Å². The quantitative estimate of drug-likeness (QED) is 0.782. The molecule has 0 spiro atoms. The molecule has 0 radical (unpaired) electrons. The van der Waals surface area contributed by atoms with Crippen molar-refractivity contribution in [3.63, 3.8) is 0 Å². The van der Waals surface area contributed by atoms with Crippen LogP contribution in [0.15, 0.2) is 0 Å². The first-order valence-electron chi connectivity index (χ1n) is 6.48. The molecule has 0 aliphatic carbocycles. The highest BCUT2D eigenvalue weighted by Gasteiger charge is 2.58. The molecule has 102 valence electrons. The minimum atomic E-state index is -0.899. The summed E-state index contributed by atoms with van der Waals surface area (Å²) in [6.45, 7) is 14.7. The van der Waals surface area contributed by atoms with Crippen LogP contribution in [0, 0.1) is 11.3 Å². The molecule has 0 aromatic carbocycles. The molecule has 1 aliphatic rings. The molecule has 1 rings (SSSR count). The van der Waals surface area contributed by atoms with Crippen LogP contribution in [0.5, 0.6) is 0 Å². The molecule has 0 saturated carbocycles. The van der Waals surface area contributed by atoms with E-state index in [4.69, 9.17) is 10.5 Å². The Hall–Kier alpha value is -0.120. The summed E-state index contributed by atoms with van der Waals surface area (Å²) < 4.78 is 6.08. The zero-order valence-electron chi connectivity index (χ0n) is 12.4. The van der Waals surface area contributed by atoms with E-state index in [0.717, 1.165) is 6.42 Å². The third-order valence-corrected chi connectivity index (χ3v) is 4.26. The van der Waals surface area contributed by atoms with Crippen LogP contribution >= 0.6 is 0 Å². The van der Waals surface area contributed by atoms with Crippen molar-refractivity contribution in [1.82, 2.24) is 0 Å². The Labute approximate surface area is 106 Å². The van der Waals surface area contributed by atoms with Gasteiger partial charge in [0.2, 0.25) is 0 Å². The first kappa shape index (κ1) is 14.9. The van der Waals surface area contributed by atoms with E-state index in [1.165, 1.54) is 0 Å². The standard InChI is InChI=1S/C14H29NO2/c1-11(2,3)14(16,9-15)10-8-12(4,5)17-13(10,6)7/h10,16H,8-9,15H2,1-7H3. The number of ether oxygens (including phenoxy) is 1. The molecule has 0 aromatic rings. The first-order valence-corrected chi connectivity index (χ1v) is 6.48. The average Bonchev–Trinajstić information content (AvgIpc) is 2.31. The van der Waals surface area contributed by atoms with Crippen LogP contribution < -0.4 is 5.73 Å². The van der Waals surface area contributed by atoms with Crippen LogP contribution in [0.1, 0.15) is 54.9 Å². The third-order valence-electron chi connectivity index (χ3n) is 4.26. The predicted octanol–water partition coefficient (Wildman–Crippen LogP) is 2.32. The summed E-state index contributed by atoms with van der Waals surface area (Å²) in [5.74, 6) is 0.0509. The van der Waals surface area contributed by atoms with Gasteiger partial charge in [0, 0.05) is 12.5 Å². The van der Waals surface area contributed by atoms with Gasteiger partial charge in [-0.2, -0.15) is 0 Å². The molecule has 17 heavy (non-hydrogen) atoms. The van der Waals surface area contributed by atoms with Gasteiger partial charge >= 0.3 is 0 Å². The second-order valence-corrected chi connectivity index (χ2v) is 7.60. The van der Waals surface area contributed by atoms with E-state index in [2.05, 4.69) is 27.7 Å². The summed E-state index contributed by atoms with van der Waals surface area (Å²) in [5, 5.41) is 11.0. The van der Waals surface area contributed by atoms with Crippen molar-refractivity contribution >= 4 is 0 Å². The van der Waals surface area contributed by atoms with Crippen LogP contribution in [0.2, 0.25) is 0 Å². The second-order valence-electron chi connectivity index (χ2n) is 7.60. The number of rotatable bonds is 2. The Kier molecular flexibility index (Phi) is 3.46. The van der Waals surface area contributed by atoms with E-state index in [9.17, 15) is 5.11 Å². The lowest BCUT2D eigenvalue weighted by molar-refractivity contribution is -0.147. The maximum Gasteiger partial charge on any atom is 0.0873 e. The summed E-state index contributed by atoms with van der Waals surface area (Å²) in [6.07, 6.45) is 0.838. The van der Waals surface area contributed by atoms with Crippen molar-refractivity contribution in [2.75, 3.05) is 6.54 Å². The number of hydrogen-bond donors (Lipinski definition) is 2. The summed E-state index contributed by atoms with van der Waals surface area (Å²) in [6, 6.07) is 0. The summed E-state index contributed by atoms with van der Waals surface area (Å²) in [7, 11) is 0. The molecule has 3 heteroatoms. The van der Waals surface area contributed by atoms with Gasteiger partial charge in [0.1, 0.15) is 0 Å². The van der Waals surface area contributed by atoms with Gasteiger partial charge in [-0.1, -0.05) is 20.8 Å². The van der Waals surface area contributed by atoms with Crippen LogP contribution in [-0.2, 0) is 4.74 Å². The topological polar surface area (TPSA) is 55.5 Å². The summed E-state index contributed by atoms with van der Waals surface area (Å²) in [4.78, 5) is 0. The Morgan fingerprint density at radius 3 is 1.94 bits per heavy atom. The Morgan fingerprint density at radius 2 is 1.71 bits per heavy atom. The Balaban J connectivity index is 3.14. The van der Waals surface area contributed by atoms with Gasteiger partial charge in [-0.3, -0.25) is 0 Å². The van der Waals surface area contributed by atoms with Gasteiger partial charge in [-0.15, -0.1) is 0 Å². The molecule has 2 atom stereocenters. The monoisotopic (exact) mass is 243 g/mol. The van der Waals surface area contributed by atoms with Crippen molar-refractivity contribution < 1.29 is 9.84 Å². The van der Waals surface area contributed by atoms with Crippen molar-refractivity contribution in [3.8, 4) is 0 Å². The van der Waals surface area contributed by atoms with E-state index in [1.807, 2.05) is 20.8 Å². The van der Waals surface area contributed by atoms with Crippen molar-refractivity contribution in [2.24, 2.45) is 17.1 Å². The Morgan fingerprint density at radius 1 is 1.24 bits per heavy atom. The third kappa shape index (κ3) is 2.51. The molecule has 1 aliphatic heterocycles. The van der Waals surface area contributed by atoms with Crippen molar-refractivity contribution in [1.29, 1.82) is 0 Å². The van der Waals surface area contributed by atoms with E-state index in [1.54, 1.807) is 0 Å². The fourth-order valence-corrected chi connectivity index (χ4v) is 3.28. The second kappa shape index (κ2) is 3.94. The maximum absolute atomic E-state index is 11.0. The molecule has 1 saturated heterocycles. The fourth-order valence-electron chi connectivity index (χ4n) is 3.28. The molecule has 0 amide bonds. The largest absolute Gasteiger partial charge is 0.388 e. The SMILES string of the molecule is CC1(C)CC(C(O)(CN)C(C)(C)C)C(C)(C)O1. The highest BCUT2D eigenvalue weighted by molar-refractivity contribution is 5.08. The zero-order chi connectivity index (χ0) is 13.7. The van der Waals surface area contributed by atoms with Gasteiger partial charge in [-0.25, -0.2) is 0 Å². The molecule has 0 bridgehead atoms. The predicted molar refractivity (Wildman–Crippen MR) is 70.8 cm³/mol.